The summed E-state index contributed by atoms with van der Waals surface area (Å²) >= 11 is 0. The Labute approximate surface area is 114 Å². The third-order valence-electron chi connectivity index (χ3n) is 3.00. The number of alkyl halides is 3. The molecule has 0 spiro atoms. The molecule has 2 aromatic rings. The van der Waals surface area contributed by atoms with Crippen molar-refractivity contribution in [3.63, 3.8) is 0 Å². The number of halogens is 3. The minimum atomic E-state index is -4.41. The fraction of sp³-hybridized carbons (Fsp3) is 0.200. The summed E-state index contributed by atoms with van der Waals surface area (Å²) in [4.78, 5) is 0. The lowest BCUT2D eigenvalue weighted by Crippen LogP contribution is -2.21. The van der Waals surface area contributed by atoms with Gasteiger partial charge in [-0.15, -0.1) is 0 Å². The SMILES string of the molecule is COc1ccc(C(c2ccc(O)cc2)C(F)(F)F)cc1. The molecular weight excluding hydrogens is 269 g/mol. The van der Waals surface area contributed by atoms with E-state index >= 15 is 0 Å². The fourth-order valence-corrected chi connectivity index (χ4v) is 2.03. The predicted octanol–water partition coefficient (Wildman–Crippen LogP) is 4.10. The Morgan fingerprint density at radius 3 is 1.75 bits per heavy atom. The van der Waals surface area contributed by atoms with Crippen LogP contribution in [-0.4, -0.2) is 18.4 Å². The van der Waals surface area contributed by atoms with Crippen molar-refractivity contribution < 1.29 is 23.0 Å². The summed E-state index contributed by atoms with van der Waals surface area (Å²) in [6.45, 7) is 0. The van der Waals surface area contributed by atoms with Crippen LogP contribution in [0.2, 0.25) is 0 Å². The van der Waals surface area contributed by atoms with Crippen LogP contribution in [0.1, 0.15) is 17.0 Å². The molecule has 106 valence electrons. The monoisotopic (exact) mass is 282 g/mol. The second-order valence-electron chi connectivity index (χ2n) is 4.34. The zero-order valence-electron chi connectivity index (χ0n) is 10.7. The molecule has 0 aliphatic heterocycles. The maximum absolute atomic E-state index is 13.3. The number of hydrogen-bond donors (Lipinski definition) is 1. The van der Waals surface area contributed by atoms with E-state index in [1.54, 1.807) is 0 Å². The van der Waals surface area contributed by atoms with Gasteiger partial charge in [0.25, 0.3) is 0 Å². The Morgan fingerprint density at radius 1 is 0.900 bits per heavy atom. The largest absolute Gasteiger partial charge is 0.508 e. The molecule has 0 amide bonds. The molecule has 0 aromatic heterocycles. The number of phenols is 1. The molecule has 0 aliphatic rings. The van der Waals surface area contributed by atoms with Crippen molar-refractivity contribution in [3.8, 4) is 11.5 Å². The molecule has 2 rings (SSSR count). The highest BCUT2D eigenvalue weighted by Gasteiger charge is 2.41. The smallest absolute Gasteiger partial charge is 0.399 e. The molecule has 1 N–H and O–H groups in total. The minimum absolute atomic E-state index is 0.0654. The van der Waals surface area contributed by atoms with Crippen LogP contribution in [0.4, 0.5) is 13.2 Å². The van der Waals surface area contributed by atoms with Crippen LogP contribution in [0.25, 0.3) is 0 Å². The molecule has 20 heavy (non-hydrogen) atoms. The lowest BCUT2D eigenvalue weighted by atomic mass is 9.90. The molecule has 1 unspecified atom stereocenters. The molecule has 0 saturated carbocycles. The van der Waals surface area contributed by atoms with Gasteiger partial charge in [-0.3, -0.25) is 0 Å². The van der Waals surface area contributed by atoms with Crippen molar-refractivity contribution in [2.24, 2.45) is 0 Å². The average molecular weight is 282 g/mol. The predicted molar refractivity (Wildman–Crippen MR) is 69.0 cm³/mol. The number of methoxy groups -OCH3 is 1. The first-order valence-corrected chi connectivity index (χ1v) is 5.91. The van der Waals surface area contributed by atoms with E-state index in [1.165, 1.54) is 55.6 Å². The molecule has 0 aliphatic carbocycles. The molecule has 0 fully saturated rings. The second kappa shape index (κ2) is 5.45. The molecule has 0 heterocycles. The van der Waals surface area contributed by atoms with Gasteiger partial charge in [-0.25, -0.2) is 0 Å². The van der Waals surface area contributed by atoms with E-state index in [1.807, 2.05) is 0 Å². The molecule has 0 radical (unpaired) electrons. The first-order chi connectivity index (χ1) is 9.41. The molecule has 2 nitrogen and oxygen atoms in total. The molecule has 5 heteroatoms. The highest BCUT2D eigenvalue weighted by Crippen LogP contribution is 2.40. The maximum atomic E-state index is 13.3. The van der Waals surface area contributed by atoms with E-state index in [-0.39, 0.29) is 16.9 Å². The first kappa shape index (κ1) is 14.2. The van der Waals surface area contributed by atoms with Gasteiger partial charge >= 0.3 is 6.18 Å². The van der Waals surface area contributed by atoms with Gasteiger partial charge in [0.2, 0.25) is 0 Å². The quantitative estimate of drug-likeness (QED) is 0.918. The van der Waals surface area contributed by atoms with E-state index in [4.69, 9.17) is 4.74 Å². The van der Waals surface area contributed by atoms with Crippen LogP contribution < -0.4 is 4.74 Å². The van der Waals surface area contributed by atoms with Crippen molar-refractivity contribution in [1.82, 2.24) is 0 Å². The molecule has 1 atom stereocenters. The summed E-state index contributed by atoms with van der Waals surface area (Å²) in [5.41, 5.74) is 0.212. The Bertz CT molecular complexity index is 559. The normalized spacial score (nSPS) is 13.0. The fourth-order valence-electron chi connectivity index (χ4n) is 2.03. The van der Waals surface area contributed by atoms with E-state index < -0.39 is 12.1 Å². The van der Waals surface area contributed by atoms with Crippen molar-refractivity contribution in [1.29, 1.82) is 0 Å². The van der Waals surface area contributed by atoms with Gasteiger partial charge in [-0.2, -0.15) is 13.2 Å². The van der Waals surface area contributed by atoms with Crippen LogP contribution in [0.5, 0.6) is 11.5 Å². The first-order valence-electron chi connectivity index (χ1n) is 5.91. The molecular formula is C15H13F3O2. The van der Waals surface area contributed by atoms with Gasteiger partial charge in [-0.1, -0.05) is 24.3 Å². The Kier molecular flexibility index (Phi) is 3.88. The van der Waals surface area contributed by atoms with Crippen molar-refractivity contribution in [2.75, 3.05) is 7.11 Å². The number of hydrogen-bond acceptors (Lipinski definition) is 2. The van der Waals surface area contributed by atoms with Gasteiger partial charge in [0, 0.05) is 0 Å². The molecule has 2 aromatic carbocycles. The van der Waals surface area contributed by atoms with Crippen LogP contribution in [0.3, 0.4) is 0 Å². The summed E-state index contributed by atoms with van der Waals surface area (Å²) < 4.78 is 44.8. The zero-order chi connectivity index (χ0) is 14.8. The van der Waals surface area contributed by atoms with Crippen LogP contribution in [-0.2, 0) is 0 Å². The summed E-state index contributed by atoms with van der Waals surface area (Å²) in [7, 11) is 1.45. The number of rotatable bonds is 3. The Morgan fingerprint density at radius 2 is 1.35 bits per heavy atom. The summed E-state index contributed by atoms with van der Waals surface area (Å²) in [5.74, 6) is -1.29. The van der Waals surface area contributed by atoms with Gasteiger partial charge in [0.15, 0.2) is 0 Å². The van der Waals surface area contributed by atoms with Gasteiger partial charge in [0.05, 0.1) is 7.11 Å². The third-order valence-corrected chi connectivity index (χ3v) is 3.00. The standard InChI is InChI=1S/C15H13F3O2/c1-20-13-8-4-11(5-9-13)14(15(16,17)18)10-2-6-12(19)7-3-10/h2-9,14,19H,1H3. The highest BCUT2D eigenvalue weighted by atomic mass is 19.4. The Hall–Kier alpha value is -2.17. The average Bonchev–Trinajstić information content (AvgIpc) is 2.41. The van der Waals surface area contributed by atoms with E-state index in [2.05, 4.69) is 0 Å². The maximum Gasteiger partial charge on any atom is 0.399 e. The topological polar surface area (TPSA) is 29.5 Å². The van der Waals surface area contributed by atoms with E-state index in [9.17, 15) is 18.3 Å². The van der Waals surface area contributed by atoms with Gasteiger partial charge in [-0.05, 0) is 35.4 Å². The number of ether oxygens (including phenoxy) is 1. The highest BCUT2D eigenvalue weighted by molar-refractivity contribution is 5.39. The van der Waals surface area contributed by atoms with Crippen LogP contribution >= 0.6 is 0 Å². The minimum Gasteiger partial charge on any atom is -0.508 e. The third kappa shape index (κ3) is 3.04. The summed E-state index contributed by atoms with van der Waals surface area (Å²) in [5, 5.41) is 9.18. The lowest BCUT2D eigenvalue weighted by molar-refractivity contribution is -0.141. The van der Waals surface area contributed by atoms with Crippen molar-refractivity contribution in [3.05, 3.63) is 59.7 Å². The van der Waals surface area contributed by atoms with Gasteiger partial charge in [0.1, 0.15) is 17.4 Å². The Balaban J connectivity index is 2.44. The lowest BCUT2D eigenvalue weighted by Gasteiger charge is -2.21. The van der Waals surface area contributed by atoms with Crippen molar-refractivity contribution >= 4 is 0 Å². The van der Waals surface area contributed by atoms with E-state index in [0.29, 0.717) is 5.75 Å². The summed E-state index contributed by atoms with van der Waals surface area (Å²) in [6, 6.07) is 10.8. The van der Waals surface area contributed by atoms with Crippen molar-refractivity contribution in [2.45, 2.75) is 12.1 Å². The molecule has 0 saturated heterocycles. The second-order valence-corrected chi connectivity index (χ2v) is 4.34. The summed E-state index contributed by atoms with van der Waals surface area (Å²) in [6.07, 6.45) is -4.41. The zero-order valence-corrected chi connectivity index (χ0v) is 10.7. The van der Waals surface area contributed by atoms with Crippen LogP contribution in [0.15, 0.2) is 48.5 Å². The van der Waals surface area contributed by atoms with Crippen LogP contribution in [0, 0.1) is 0 Å². The van der Waals surface area contributed by atoms with E-state index in [0.717, 1.165) is 0 Å². The number of phenolic OH excluding ortho intramolecular Hbond substituents is 1. The molecule has 0 bridgehead atoms. The van der Waals surface area contributed by atoms with Gasteiger partial charge < -0.3 is 9.84 Å². The number of benzene rings is 2. The number of aromatic hydroxyl groups is 1.